The van der Waals surface area contributed by atoms with Gasteiger partial charge in [-0.05, 0) is 18.6 Å². The summed E-state index contributed by atoms with van der Waals surface area (Å²) in [5, 5.41) is 0.911. The molecule has 7 heteroatoms. The second kappa shape index (κ2) is 9.28. The Morgan fingerprint density at radius 3 is 2.17 bits per heavy atom. The predicted molar refractivity (Wildman–Crippen MR) is 121 cm³/mol. The van der Waals surface area contributed by atoms with Gasteiger partial charge < -0.3 is 4.98 Å². The number of pyridine rings is 1. The molecule has 0 unspecified atom stereocenters. The molecule has 0 spiro atoms. The number of rotatable bonds is 8. The van der Waals surface area contributed by atoms with Crippen molar-refractivity contribution in [2.24, 2.45) is 0 Å². The molecular weight excluding hydrogens is 414 g/mol. The van der Waals surface area contributed by atoms with E-state index in [4.69, 9.17) is 4.98 Å². The van der Waals surface area contributed by atoms with Gasteiger partial charge in [0.1, 0.15) is 0 Å². The fourth-order valence-electron chi connectivity index (χ4n) is 3.09. The Morgan fingerprint density at radius 2 is 1.50 bits per heavy atom. The molecule has 152 valence electrons. The highest BCUT2D eigenvalue weighted by Gasteiger charge is 2.17. The van der Waals surface area contributed by atoms with Crippen molar-refractivity contribution in [3.63, 3.8) is 0 Å². The Hall–Kier alpha value is -2.90. The number of nitrogens with one attached hydrogen (secondary N) is 1. The molecule has 2 aromatic carbocycles. The number of H-pyrrole nitrogens is 1. The van der Waals surface area contributed by atoms with Crippen molar-refractivity contribution in [1.82, 2.24) is 15.0 Å². The maximum Gasteiger partial charge on any atom is 0.195 e. The third-order valence-electron chi connectivity index (χ3n) is 4.54. The molecule has 0 bridgehead atoms. The Balaban J connectivity index is 1.48. The van der Waals surface area contributed by atoms with Crippen molar-refractivity contribution in [2.45, 2.75) is 16.6 Å². The van der Waals surface area contributed by atoms with Crippen LogP contribution >= 0.6 is 11.8 Å². The van der Waals surface area contributed by atoms with E-state index in [1.54, 1.807) is 12.1 Å². The third kappa shape index (κ3) is 4.80. The molecule has 0 radical (unpaired) electrons. The first-order valence-corrected chi connectivity index (χ1v) is 12.2. The van der Waals surface area contributed by atoms with Gasteiger partial charge in [0.2, 0.25) is 0 Å². The first kappa shape index (κ1) is 20.4. The van der Waals surface area contributed by atoms with Crippen LogP contribution in [0.3, 0.4) is 0 Å². The average Bonchev–Trinajstić information content (AvgIpc) is 3.23. The summed E-state index contributed by atoms with van der Waals surface area (Å²) < 4.78 is 24.8. The summed E-state index contributed by atoms with van der Waals surface area (Å²) in [7, 11) is -3.36. The first-order chi connectivity index (χ1) is 14.6. The van der Waals surface area contributed by atoms with Crippen LogP contribution in [0.2, 0.25) is 0 Å². The number of nitrogens with zero attached hydrogens (tertiary/aromatic N) is 2. The van der Waals surface area contributed by atoms with Crippen LogP contribution in [-0.2, 0) is 9.84 Å². The monoisotopic (exact) mass is 435 g/mol. The third-order valence-corrected chi connectivity index (χ3v) is 7.21. The molecule has 2 heterocycles. The Bertz CT molecular complexity index is 1140. The number of hydrogen-bond donors (Lipinski definition) is 1. The van der Waals surface area contributed by atoms with Gasteiger partial charge in [0.05, 0.1) is 17.1 Å². The summed E-state index contributed by atoms with van der Waals surface area (Å²) in [5.74, 6) is 0.705. The van der Waals surface area contributed by atoms with Gasteiger partial charge in [-0.15, -0.1) is 0 Å². The molecule has 4 rings (SSSR count). The number of thioether (sulfide) groups is 1. The van der Waals surface area contributed by atoms with Gasteiger partial charge >= 0.3 is 0 Å². The predicted octanol–water partition coefficient (Wildman–Crippen LogP) is 5.09. The van der Waals surface area contributed by atoms with Gasteiger partial charge in [0, 0.05) is 23.1 Å². The number of aromatic nitrogens is 3. The van der Waals surface area contributed by atoms with Crippen LogP contribution in [0.1, 0.15) is 6.42 Å². The molecule has 1 N–H and O–H groups in total. The van der Waals surface area contributed by atoms with Crippen molar-refractivity contribution in [1.29, 1.82) is 0 Å². The fraction of sp³-hybridized carbons (Fsp3) is 0.130. The van der Waals surface area contributed by atoms with Crippen LogP contribution in [-0.4, -0.2) is 34.9 Å². The van der Waals surface area contributed by atoms with Crippen LogP contribution in [0.4, 0.5) is 0 Å². The number of aromatic amines is 1. The van der Waals surface area contributed by atoms with Crippen LogP contribution in [0.25, 0.3) is 22.5 Å². The number of imidazole rings is 1. The molecule has 0 aliphatic heterocycles. The minimum Gasteiger partial charge on any atom is -0.332 e. The van der Waals surface area contributed by atoms with Gasteiger partial charge in [0.15, 0.2) is 20.0 Å². The molecule has 30 heavy (non-hydrogen) atoms. The van der Waals surface area contributed by atoms with Crippen molar-refractivity contribution in [2.75, 3.05) is 11.5 Å². The molecule has 2 aromatic heterocycles. The Morgan fingerprint density at radius 1 is 0.833 bits per heavy atom. The maximum absolute atomic E-state index is 12.4. The Labute approximate surface area is 180 Å². The molecule has 0 aliphatic rings. The second-order valence-corrected chi connectivity index (χ2v) is 9.83. The number of sulfone groups is 1. The summed E-state index contributed by atoms with van der Waals surface area (Å²) in [6, 6.07) is 25.1. The highest BCUT2D eigenvalue weighted by atomic mass is 32.2. The summed E-state index contributed by atoms with van der Waals surface area (Å²) in [4.78, 5) is 12.2. The lowest BCUT2D eigenvalue weighted by atomic mass is 10.1. The largest absolute Gasteiger partial charge is 0.332 e. The molecule has 0 saturated carbocycles. The summed E-state index contributed by atoms with van der Waals surface area (Å²) in [6.45, 7) is 0. The fourth-order valence-corrected chi connectivity index (χ4v) is 5.33. The lowest BCUT2D eigenvalue weighted by Crippen LogP contribution is -2.09. The molecule has 4 aromatic rings. The van der Waals surface area contributed by atoms with Crippen LogP contribution in [0, 0.1) is 0 Å². The molecule has 0 fully saturated rings. The molecule has 0 aliphatic carbocycles. The minimum absolute atomic E-state index is 0.0643. The standard InChI is InChI=1S/C23H21N3O2S2/c27-30(28,20-14-7-8-15-24-20)17-9-16-29-23-25-21(18-10-3-1-4-11-18)22(26-23)19-12-5-2-6-13-19/h1-8,10-15H,9,16-17H2,(H,25,26). The van der Waals surface area contributed by atoms with E-state index in [0.29, 0.717) is 12.2 Å². The van der Waals surface area contributed by atoms with Gasteiger partial charge in [-0.25, -0.2) is 18.4 Å². The molecule has 0 saturated heterocycles. The maximum atomic E-state index is 12.4. The quantitative estimate of drug-likeness (QED) is 0.308. The van der Waals surface area contributed by atoms with E-state index >= 15 is 0 Å². The summed E-state index contributed by atoms with van der Waals surface area (Å²) in [5.41, 5.74) is 3.96. The topological polar surface area (TPSA) is 75.7 Å². The van der Waals surface area contributed by atoms with Crippen molar-refractivity contribution in [3.05, 3.63) is 85.1 Å². The van der Waals surface area contributed by atoms with Gasteiger partial charge in [-0.3, -0.25) is 0 Å². The normalized spacial score (nSPS) is 11.5. The lowest BCUT2D eigenvalue weighted by molar-refractivity contribution is 0.591. The van der Waals surface area contributed by atoms with E-state index in [0.717, 1.165) is 27.7 Å². The SMILES string of the molecule is O=S(=O)(CCCSc1nc(-c2ccccc2)c(-c2ccccc2)[nH]1)c1ccccn1. The molecule has 5 nitrogen and oxygen atoms in total. The van der Waals surface area contributed by atoms with Gasteiger partial charge in [0.25, 0.3) is 0 Å². The van der Waals surface area contributed by atoms with E-state index in [1.807, 2.05) is 60.7 Å². The highest BCUT2D eigenvalue weighted by Crippen LogP contribution is 2.32. The van der Waals surface area contributed by atoms with E-state index in [1.165, 1.54) is 24.0 Å². The second-order valence-electron chi connectivity index (χ2n) is 6.69. The molecular formula is C23H21N3O2S2. The van der Waals surface area contributed by atoms with Gasteiger partial charge in [-0.1, -0.05) is 78.5 Å². The van der Waals surface area contributed by atoms with E-state index in [2.05, 4.69) is 9.97 Å². The zero-order chi connectivity index (χ0) is 20.8. The van der Waals surface area contributed by atoms with E-state index < -0.39 is 9.84 Å². The van der Waals surface area contributed by atoms with Crippen molar-refractivity contribution in [3.8, 4) is 22.5 Å². The smallest absolute Gasteiger partial charge is 0.195 e. The zero-order valence-electron chi connectivity index (χ0n) is 16.2. The summed E-state index contributed by atoms with van der Waals surface area (Å²) in [6.07, 6.45) is 2.02. The zero-order valence-corrected chi connectivity index (χ0v) is 17.9. The molecule has 0 amide bonds. The first-order valence-electron chi connectivity index (χ1n) is 9.61. The van der Waals surface area contributed by atoms with Crippen LogP contribution < -0.4 is 0 Å². The van der Waals surface area contributed by atoms with Crippen molar-refractivity contribution < 1.29 is 8.42 Å². The van der Waals surface area contributed by atoms with Gasteiger partial charge in [-0.2, -0.15) is 0 Å². The Kier molecular flexibility index (Phi) is 6.30. The highest BCUT2D eigenvalue weighted by molar-refractivity contribution is 7.99. The number of benzene rings is 2. The number of hydrogen-bond acceptors (Lipinski definition) is 5. The van der Waals surface area contributed by atoms with Crippen molar-refractivity contribution >= 4 is 21.6 Å². The lowest BCUT2D eigenvalue weighted by Gasteiger charge is -2.02. The van der Waals surface area contributed by atoms with E-state index in [-0.39, 0.29) is 10.8 Å². The van der Waals surface area contributed by atoms with Crippen LogP contribution in [0.5, 0.6) is 0 Å². The minimum atomic E-state index is -3.36. The molecule has 0 atom stereocenters. The van der Waals surface area contributed by atoms with Crippen LogP contribution in [0.15, 0.2) is 95.2 Å². The average molecular weight is 436 g/mol. The van der Waals surface area contributed by atoms with E-state index in [9.17, 15) is 8.42 Å². The summed E-state index contributed by atoms with van der Waals surface area (Å²) >= 11 is 1.53.